The van der Waals surface area contributed by atoms with Crippen LogP contribution >= 0.6 is 36.4 Å². The van der Waals surface area contributed by atoms with Crippen LogP contribution in [-0.2, 0) is 12.7 Å². The van der Waals surface area contributed by atoms with E-state index in [1.54, 1.807) is 0 Å². The third-order valence-corrected chi connectivity index (χ3v) is 3.84. The Morgan fingerprint density at radius 2 is 1.84 bits per heavy atom. The minimum Gasteiger partial charge on any atom is -0.314 e. The van der Waals surface area contributed by atoms with Crippen LogP contribution in [0.1, 0.15) is 11.4 Å². The Bertz CT molecular complexity index is 688. The maximum Gasteiger partial charge on any atom is 0.418 e. The first-order chi connectivity index (χ1) is 10.9. The van der Waals surface area contributed by atoms with Crippen LogP contribution < -0.4 is 5.32 Å². The number of benzene rings is 1. The molecule has 0 radical (unpaired) electrons. The number of aromatic nitrogens is 4. The maximum atomic E-state index is 13.3. The number of nitrogens with zero attached hydrogens (tertiary/aromatic N) is 5. The molecule has 12 heteroatoms. The number of rotatable bonds is 3. The van der Waals surface area contributed by atoms with E-state index < -0.39 is 11.7 Å². The van der Waals surface area contributed by atoms with Gasteiger partial charge in [0.25, 0.3) is 0 Å². The van der Waals surface area contributed by atoms with Crippen molar-refractivity contribution in [1.29, 1.82) is 0 Å². The minimum absolute atomic E-state index is 0. The monoisotopic (exact) mass is 418 g/mol. The molecule has 25 heavy (non-hydrogen) atoms. The quantitative estimate of drug-likeness (QED) is 0.829. The molecule has 1 aliphatic rings. The summed E-state index contributed by atoms with van der Waals surface area (Å²) >= 11 is 5.70. The zero-order chi connectivity index (χ0) is 16.4. The summed E-state index contributed by atoms with van der Waals surface area (Å²) in [4.78, 5) is 2.09. The Labute approximate surface area is 159 Å². The largest absolute Gasteiger partial charge is 0.418 e. The van der Waals surface area contributed by atoms with E-state index in [0.717, 1.165) is 36.9 Å². The molecule has 1 N–H and O–H groups in total. The van der Waals surface area contributed by atoms with Crippen LogP contribution in [0.2, 0.25) is 5.02 Å². The minimum atomic E-state index is -4.54. The molecule has 0 unspecified atom stereocenters. The van der Waals surface area contributed by atoms with Crippen molar-refractivity contribution in [3.63, 3.8) is 0 Å². The van der Waals surface area contributed by atoms with E-state index in [1.165, 1.54) is 12.1 Å². The highest BCUT2D eigenvalue weighted by atomic mass is 35.5. The predicted molar refractivity (Wildman–Crippen MR) is 91.8 cm³/mol. The first-order valence-electron chi connectivity index (χ1n) is 7.02. The maximum absolute atomic E-state index is 13.3. The highest BCUT2D eigenvalue weighted by Crippen LogP contribution is 2.35. The van der Waals surface area contributed by atoms with E-state index in [9.17, 15) is 13.2 Å². The van der Waals surface area contributed by atoms with Crippen LogP contribution in [0.4, 0.5) is 13.2 Å². The number of halogens is 6. The lowest BCUT2D eigenvalue weighted by atomic mass is 10.1. The molecule has 0 atom stereocenters. The summed E-state index contributed by atoms with van der Waals surface area (Å²) in [5, 5.41) is 14.4. The number of alkyl halides is 3. The van der Waals surface area contributed by atoms with Gasteiger partial charge in [0.05, 0.1) is 17.8 Å². The predicted octanol–water partition coefficient (Wildman–Crippen LogP) is 2.58. The van der Waals surface area contributed by atoms with Crippen LogP contribution in [0.25, 0.3) is 5.69 Å². The molecule has 1 aliphatic heterocycles. The molecule has 0 saturated carbocycles. The first-order valence-corrected chi connectivity index (χ1v) is 7.40. The first kappa shape index (κ1) is 21.9. The third kappa shape index (κ3) is 5.18. The zero-order valence-electron chi connectivity index (χ0n) is 12.8. The van der Waals surface area contributed by atoms with Gasteiger partial charge in [-0.15, -0.1) is 29.9 Å². The van der Waals surface area contributed by atoms with Crippen LogP contribution in [0.15, 0.2) is 18.2 Å². The smallest absolute Gasteiger partial charge is 0.314 e. The van der Waals surface area contributed by atoms with E-state index in [0.29, 0.717) is 12.4 Å². The van der Waals surface area contributed by atoms with E-state index >= 15 is 0 Å². The number of hydrogen-bond acceptors (Lipinski definition) is 5. The Morgan fingerprint density at radius 1 is 1.16 bits per heavy atom. The summed E-state index contributed by atoms with van der Waals surface area (Å²) in [5.41, 5.74) is -0.990. The third-order valence-electron chi connectivity index (χ3n) is 3.60. The summed E-state index contributed by atoms with van der Waals surface area (Å²) in [6.07, 6.45) is -4.54. The average Bonchev–Trinajstić information content (AvgIpc) is 2.95. The van der Waals surface area contributed by atoms with Gasteiger partial charge in [-0.1, -0.05) is 11.6 Å². The van der Waals surface area contributed by atoms with Crippen molar-refractivity contribution >= 4 is 36.4 Å². The molecule has 0 spiro atoms. The topological polar surface area (TPSA) is 58.9 Å². The second-order valence-corrected chi connectivity index (χ2v) is 5.63. The SMILES string of the molecule is Cl.Cl.FC(F)(F)c1cc(Cl)ccc1-n1nnnc1CN1CCNCC1. The van der Waals surface area contributed by atoms with Gasteiger partial charge in [0.2, 0.25) is 0 Å². The fourth-order valence-electron chi connectivity index (χ4n) is 2.48. The molecular formula is C13H16Cl3F3N6. The molecule has 1 saturated heterocycles. The molecule has 2 heterocycles. The van der Waals surface area contributed by atoms with Crippen molar-refractivity contribution in [2.24, 2.45) is 0 Å². The van der Waals surface area contributed by atoms with Gasteiger partial charge >= 0.3 is 6.18 Å². The van der Waals surface area contributed by atoms with Crippen LogP contribution in [0.3, 0.4) is 0 Å². The van der Waals surface area contributed by atoms with Gasteiger partial charge in [-0.25, -0.2) is 0 Å². The van der Waals surface area contributed by atoms with Crippen molar-refractivity contribution in [2.45, 2.75) is 12.7 Å². The van der Waals surface area contributed by atoms with Crippen molar-refractivity contribution in [3.05, 3.63) is 34.6 Å². The second-order valence-electron chi connectivity index (χ2n) is 5.19. The lowest BCUT2D eigenvalue weighted by Crippen LogP contribution is -2.43. The molecule has 1 fully saturated rings. The van der Waals surface area contributed by atoms with Crippen molar-refractivity contribution in [1.82, 2.24) is 30.4 Å². The van der Waals surface area contributed by atoms with E-state index in [2.05, 4.69) is 25.7 Å². The standard InChI is InChI=1S/C13H14ClF3N6.2ClH/c14-9-1-2-11(10(7-9)13(15,16)17)23-12(19-20-21-23)8-22-5-3-18-4-6-22;;/h1-2,7,18H,3-6,8H2;2*1H. The van der Waals surface area contributed by atoms with Gasteiger partial charge in [-0.2, -0.15) is 17.9 Å². The number of nitrogens with one attached hydrogen (secondary N) is 1. The highest BCUT2D eigenvalue weighted by Gasteiger charge is 2.35. The Balaban J connectivity index is 0.00000156. The Morgan fingerprint density at radius 3 is 2.48 bits per heavy atom. The molecule has 2 aromatic rings. The molecule has 140 valence electrons. The number of piperazine rings is 1. The van der Waals surface area contributed by atoms with Gasteiger partial charge in [-0.05, 0) is 28.6 Å². The van der Waals surface area contributed by atoms with Crippen molar-refractivity contribution < 1.29 is 13.2 Å². The number of hydrogen-bond donors (Lipinski definition) is 1. The van der Waals surface area contributed by atoms with Crippen molar-refractivity contribution in [3.8, 4) is 5.69 Å². The molecule has 0 bridgehead atoms. The van der Waals surface area contributed by atoms with E-state index in [4.69, 9.17) is 11.6 Å². The van der Waals surface area contributed by atoms with E-state index in [1.807, 2.05) is 0 Å². The fraction of sp³-hybridized carbons (Fsp3) is 0.462. The molecule has 6 nitrogen and oxygen atoms in total. The second kappa shape index (κ2) is 9.00. The Hall–Kier alpha value is -1.13. The van der Waals surface area contributed by atoms with Gasteiger partial charge in [0.15, 0.2) is 5.82 Å². The molecule has 0 amide bonds. The lowest BCUT2D eigenvalue weighted by Gasteiger charge is -2.26. The Kier molecular flexibility index (Phi) is 7.88. The summed E-state index contributed by atoms with van der Waals surface area (Å²) in [5.74, 6) is 0.361. The van der Waals surface area contributed by atoms with Crippen LogP contribution in [0.5, 0.6) is 0 Å². The normalized spacial score (nSPS) is 15.4. The van der Waals surface area contributed by atoms with Gasteiger partial charge < -0.3 is 5.32 Å². The zero-order valence-corrected chi connectivity index (χ0v) is 15.2. The number of tetrazole rings is 1. The van der Waals surface area contributed by atoms with Crippen LogP contribution in [-0.4, -0.2) is 51.3 Å². The van der Waals surface area contributed by atoms with Gasteiger partial charge in [0, 0.05) is 31.2 Å². The molecular weight excluding hydrogens is 404 g/mol. The average molecular weight is 420 g/mol. The van der Waals surface area contributed by atoms with Gasteiger partial charge in [-0.3, -0.25) is 4.90 Å². The molecule has 1 aromatic carbocycles. The molecule has 0 aliphatic carbocycles. The summed E-state index contributed by atoms with van der Waals surface area (Å²) in [6.45, 7) is 3.63. The summed E-state index contributed by atoms with van der Waals surface area (Å²) in [7, 11) is 0. The van der Waals surface area contributed by atoms with Crippen molar-refractivity contribution in [2.75, 3.05) is 26.2 Å². The van der Waals surface area contributed by atoms with Crippen LogP contribution in [0, 0.1) is 0 Å². The molecule has 3 rings (SSSR count). The fourth-order valence-corrected chi connectivity index (χ4v) is 2.65. The summed E-state index contributed by atoms with van der Waals surface area (Å²) in [6, 6.07) is 3.55. The molecule has 1 aromatic heterocycles. The van der Waals surface area contributed by atoms with E-state index in [-0.39, 0.29) is 35.5 Å². The summed E-state index contributed by atoms with van der Waals surface area (Å²) < 4.78 is 40.9. The highest BCUT2D eigenvalue weighted by molar-refractivity contribution is 6.30. The van der Waals surface area contributed by atoms with Gasteiger partial charge in [0.1, 0.15) is 0 Å². The lowest BCUT2D eigenvalue weighted by molar-refractivity contribution is -0.137.